The number of amides is 2. The van der Waals surface area contributed by atoms with Crippen LogP contribution in [0.15, 0.2) is 18.2 Å². The van der Waals surface area contributed by atoms with Crippen LogP contribution in [0.5, 0.6) is 11.5 Å². The van der Waals surface area contributed by atoms with Gasteiger partial charge in [-0.1, -0.05) is 0 Å². The normalized spacial score (nSPS) is 18.2. The van der Waals surface area contributed by atoms with Crippen LogP contribution in [0.2, 0.25) is 0 Å². The van der Waals surface area contributed by atoms with E-state index in [1.54, 1.807) is 58.1 Å². The van der Waals surface area contributed by atoms with Crippen molar-refractivity contribution in [1.29, 1.82) is 0 Å². The minimum absolute atomic E-state index is 0.108. The molecule has 0 aromatic heterocycles. The number of likely N-dealkylation sites (tertiary alicyclic amines) is 1. The van der Waals surface area contributed by atoms with E-state index in [2.05, 4.69) is 0 Å². The molecule has 2 amide bonds. The standard InChI is InChI=1S/C25H40N2O7/c1-17(2)27(15-19-14-26(16-20(19)28)24(30)34-25(3,4)5)23(29)18-9-10-21(32-7)22(13-18)33-12-8-11-31-6/h9-10,13,17,19-20,28H,8,11-12,14-16H2,1-7H3/t19-,20-/m1/s1. The molecule has 1 aromatic carbocycles. The lowest BCUT2D eigenvalue weighted by Crippen LogP contribution is -2.43. The molecule has 1 aliphatic rings. The summed E-state index contributed by atoms with van der Waals surface area (Å²) in [4.78, 5) is 29.1. The van der Waals surface area contributed by atoms with Crippen LogP contribution >= 0.6 is 0 Å². The van der Waals surface area contributed by atoms with Gasteiger partial charge in [-0.15, -0.1) is 0 Å². The number of ether oxygens (including phenoxy) is 4. The van der Waals surface area contributed by atoms with E-state index >= 15 is 0 Å². The maximum Gasteiger partial charge on any atom is 0.410 e. The average Bonchev–Trinajstić information content (AvgIpc) is 3.13. The van der Waals surface area contributed by atoms with Crippen molar-refractivity contribution < 1.29 is 33.6 Å². The molecule has 2 rings (SSSR count). The predicted octanol–water partition coefficient (Wildman–Crippen LogP) is 3.19. The monoisotopic (exact) mass is 480 g/mol. The molecule has 1 aliphatic heterocycles. The van der Waals surface area contributed by atoms with Gasteiger partial charge in [-0.05, 0) is 52.8 Å². The Morgan fingerprint density at radius 2 is 1.85 bits per heavy atom. The van der Waals surface area contributed by atoms with Gasteiger partial charge in [0.1, 0.15) is 5.60 Å². The Hall–Kier alpha value is -2.52. The number of β-amino-alcohol motifs (C(OH)–C–C–N with tert-alkyl or cyclic N) is 1. The van der Waals surface area contributed by atoms with E-state index in [9.17, 15) is 14.7 Å². The fourth-order valence-corrected chi connectivity index (χ4v) is 3.76. The zero-order valence-electron chi connectivity index (χ0n) is 21.5. The molecule has 1 heterocycles. The molecule has 1 fully saturated rings. The second-order valence-corrected chi connectivity index (χ2v) is 9.82. The third-order valence-corrected chi connectivity index (χ3v) is 5.53. The minimum Gasteiger partial charge on any atom is -0.493 e. The molecular weight excluding hydrogens is 440 g/mol. The lowest BCUT2D eigenvalue weighted by Gasteiger charge is -2.30. The summed E-state index contributed by atoms with van der Waals surface area (Å²) in [5.41, 5.74) is -0.148. The molecule has 0 spiro atoms. The number of hydrogen-bond donors (Lipinski definition) is 1. The maximum atomic E-state index is 13.4. The van der Waals surface area contributed by atoms with E-state index in [4.69, 9.17) is 18.9 Å². The Morgan fingerprint density at radius 3 is 2.44 bits per heavy atom. The van der Waals surface area contributed by atoms with Crippen LogP contribution in [0.1, 0.15) is 51.4 Å². The Labute approximate surface area is 202 Å². The summed E-state index contributed by atoms with van der Waals surface area (Å²) in [5.74, 6) is 0.582. The van der Waals surface area contributed by atoms with Crippen molar-refractivity contribution in [3.8, 4) is 11.5 Å². The molecule has 1 aromatic rings. The third-order valence-electron chi connectivity index (χ3n) is 5.53. The van der Waals surface area contributed by atoms with E-state index in [1.165, 1.54) is 4.90 Å². The molecular formula is C25H40N2O7. The first-order valence-corrected chi connectivity index (χ1v) is 11.7. The highest BCUT2D eigenvalue weighted by Crippen LogP contribution is 2.30. The lowest BCUT2D eigenvalue weighted by molar-refractivity contribution is 0.0269. The number of rotatable bonds is 10. The fourth-order valence-electron chi connectivity index (χ4n) is 3.76. The van der Waals surface area contributed by atoms with Crippen molar-refractivity contribution in [2.45, 2.75) is 58.8 Å². The number of carbonyl (C=O) groups excluding carboxylic acids is 2. The highest BCUT2D eigenvalue weighted by atomic mass is 16.6. The third kappa shape index (κ3) is 7.77. The summed E-state index contributed by atoms with van der Waals surface area (Å²) in [6.45, 7) is 11.1. The van der Waals surface area contributed by atoms with Gasteiger partial charge in [0, 0.05) is 50.8 Å². The smallest absolute Gasteiger partial charge is 0.410 e. The SMILES string of the molecule is COCCCOc1cc(C(=O)N(C[C@H]2CN(C(=O)OC(C)(C)C)C[C@H]2O)C(C)C)ccc1OC. The number of aliphatic hydroxyl groups excluding tert-OH is 1. The van der Waals surface area contributed by atoms with E-state index in [0.717, 1.165) is 0 Å². The van der Waals surface area contributed by atoms with Crippen molar-refractivity contribution in [3.63, 3.8) is 0 Å². The van der Waals surface area contributed by atoms with Crippen LogP contribution < -0.4 is 9.47 Å². The van der Waals surface area contributed by atoms with E-state index in [0.29, 0.717) is 49.8 Å². The second-order valence-electron chi connectivity index (χ2n) is 9.82. The van der Waals surface area contributed by atoms with Crippen LogP contribution in [-0.2, 0) is 9.47 Å². The predicted molar refractivity (Wildman–Crippen MR) is 128 cm³/mol. The average molecular weight is 481 g/mol. The van der Waals surface area contributed by atoms with Gasteiger partial charge in [0.2, 0.25) is 0 Å². The first-order chi connectivity index (χ1) is 16.0. The van der Waals surface area contributed by atoms with Gasteiger partial charge in [-0.2, -0.15) is 0 Å². The van der Waals surface area contributed by atoms with Gasteiger partial charge in [-0.25, -0.2) is 4.79 Å². The molecule has 0 aliphatic carbocycles. The van der Waals surface area contributed by atoms with Crippen molar-refractivity contribution in [2.75, 3.05) is 47.1 Å². The van der Waals surface area contributed by atoms with E-state index in [1.807, 2.05) is 13.8 Å². The molecule has 192 valence electrons. The summed E-state index contributed by atoms with van der Waals surface area (Å²) >= 11 is 0. The van der Waals surface area contributed by atoms with Crippen LogP contribution in [0, 0.1) is 5.92 Å². The van der Waals surface area contributed by atoms with Gasteiger partial charge in [0.15, 0.2) is 11.5 Å². The Balaban J connectivity index is 2.13. The number of nitrogens with zero attached hydrogens (tertiary/aromatic N) is 2. The van der Waals surface area contributed by atoms with Gasteiger partial charge < -0.3 is 33.9 Å². The first kappa shape index (κ1) is 27.7. The van der Waals surface area contributed by atoms with Gasteiger partial charge in [0.25, 0.3) is 5.91 Å². The molecule has 9 heteroatoms. The maximum absolute atomic E-state index is 13.4. The summed E-state index contributed by atoms with van der Waals surface area (Å²) in [6.07, 6.45) is -0.483. The molecule has 1 N–H and O–H groups in total. The van der Waals surface area contributed by atoms with Crippen molar-refractivity contribution in [1.82, 2.24) is 9.80 Å². The Kier molecular flexibility index (Phi) is 10.00. The highest BCUT2D eigenvalue weighted by molar-refractivity contribution is 5.95. The number of aliphatic hydroxyl groups is 1. The number of hydrogen-bond acceptors (Lipinski definition) is 7. The van der Waals surface area contributed by atoms with Gasteiger partial charge >= 0.3 is 6.09 Å². The van der Waals surface area contributed by atoms with Crippen LogP contribution in [-0.4, -0.2) is 91.7 Å². The summed E-state index contributed by atoms with van der Waals surface area (Å²) < 4.78 is 21.7. The zero-order chi connectivity index (χ0) is 25.5. The molecule has 2 atom stereocenters. The van der Waals surface area contributed by atoms with E-state index in [-0.39, 0.29) is 24.4 Å². The molecule has 0 bridgehead atoms. The summed E-state index contributed by atoms with van der Waals surface area (Å²) in [5, 5.41) is 10.6. The molecule has 9 nitrogen and oxygen atoms in total. The zero-order valence-corrected chi connectivity index (χ0v) is 21.5. The second kappa shape index (κ2) is 12.3. The summed E-state index contributed by atoms with van der Waals surface area (Å²) in [6, 6.07) is 4.99. The van der Waals surface area contributed by atoms with Gasteiger partial charge in [-0.3, -0.25) is 4.79 Å². The number of methoxy groups -OCH3 is 2. The molecule has 0 saturated carbocycles. The van der Waals surface area contributed by atoms with Crippen LogP contribution in [0.4, 0.5) is 4.79 Å². The van der Waals surface area contributed by atoms with Crippen LogP contribution in [0.3, 0.4) is 0 Å². The van der Waals surface area contributed by atoms with Crippen molar-refractivity contribution >= 4 is 12.0 Å². The summed E-state index contributed by atoms with van der Waals surface area (Å²) in [7, 11) is 3.19. The topological polar surface area (TPSA) is 97.8 Å². The van der Waals surface area contributed by atoms with E-state index < -0.39 is 17.8 Å². The number of carbonyl (C=O) groups is 2. The van der Waals surface area contributed by atoms with Gasteiger partial charge in [0.05, 0.1) is 26.4 Å². The minimum atomic E-state index is -0.739. The van der Waals surface area contributed by atoms with Crippen molar-refractivity contribution in [3.05, 3.63) is 23.8 Å². The molecule has 1 saturated heterocycles. The molecule has 34 heavy (non-hydrogen) atoms. The Bertz CT molecular complexity index is 822. The largest absolute Gasteiger partial charge is 0.493 e. The first-order valence-electron chi connectivity index (χ1n) is 11.7. The fraction of sp³-hybridized carbons (Fsp3) is 0.680. The lowest BCUT2D eigenvalue weighted by atomic mass is 10.0. The Morgan fingerprint density at radius 1 is 1.15 bits per heavy atom. The highest BCUT2D eigenvalue weighted by Gasteiger charge is 2.38. The van der Waals surface area contributed by atoms with Crippen LogP contribution in [0.25, 0.3) is 0 Å². The molecule has 0 unspecified atom stereocenters. The van der Waals surface area contributed by atoms with Crippen molar-refractivity contribution in [2.24, 2.45) is 5.92 Å². The quantitative estimate of drug-likeness (QED) is 0.514. The number of benzene rings is 1. The molecule has 0 radical (unpaired) electrons.